The molecule has 1 saturated heterocycles. The Morgan fingerprint density at radius 1 is 1.04 bits per heavy atom. The summed E-state index contributed by atoms with van der Waals surface area (Å²) in [5.74, 6) is 0.137. The van der Waals surface area contributed by atoms with Crippen molar-refractivity contribution >= 4 is 37.1 Å². The van der Waals surface area contributed by atoms with Gasteiger partial charge in [0, 0.05) is 9.84 Å². The van der Waals surface area contributed by atoms with Crippen molar-refractivity contribution < 1.29 is 18.7 Å². The molecule has 0 aromatic rings. The maximum Gasteiger partial charge on any atom is 0.508 e. The molecule has 1 heterocycles. The molecule has 0 aromatic carbocycles. The highest BCUT2D eigenvalue weighted by atomic mass is 127. The van der Waals surface area contributed by atoms with E-state index in [1.54, 1.807) is 0 Å². The Bertz CT molecular complexity index is 376. The van der Waals surface area contributed by atoms with Gasteiger partial charge in [0.25, 0.3) is 0 Å². The monoisotopic (exact) mass is 456 g/mol. The second kappa shape index (κ2) is 8.51. The van der Waals surface area contributed by atoms with Crippen LogP contribution in [0.15, 0.2) is 0 Å². The summed E-state index contributed by atoms with van der Waals surface area (Å²) >= 11 is 2.31. The number of carbonyl (C=O) groups excluding carboxylic acids is 1. The van der Waals surface area contributed by atoms with E-state index in [2.05, 4.69) is 78.0 Å². The van der Waals surface area contributed by atoms with Crippen LogP contribution in [0, 0.1) is 5.92 Å². The van der Waals surface area contributed by atoms with E-state index in [1.165, 1.54) is 0 Å². The first-order chi connectivity index (χ1) is 10.5. The van der Waals surface area contributed by atoms with Gasteiger partial charge in [0.05, 0.1) is 6.61 Å². The Hall–Kier alpha value is 0.177. The fourth-order valence-electron chi connectivity index (χ4n) is 4.11. The third-order valence-electron chi connectivity index (χ3n) is 5.24. The maximum absolute atomic E-state index is 11.8. The molecule has 0 radical (unpaired) electrons. The van der Waals surface area contributed by atoms with Crippen molar-refractivity contribution in [3.63, 3.8) is 0 Å². The van der Waals surface area contributed by atoms with Gasteiger partial charge in [0.1, 0.15) is 12.2 Å². The van der Waals surface area contributed by atoms with Crippen molar-refractivity contribution in [1.82, 2.24) is 0 Å². The summed E-state index contributed by atoms with van der Waals surface area (Å²) in [6.07, 6.45) is -0.892. The van der Waals surface area contributed by atoms with Gasteiger partial charge in [-0.1, -0.05) is 71.1 Å². The second-order valence-electron chi connectivity index (χ2n) is 7.65. The highest BCUT2D eigenvalue weighted by Gasteiger charge is 2.47. The molecule has 23 heavy (non-hydrogen) atoms. The highest BCUT2D eigenvalue weighted by molar-refractivity contribution is 14.1. The van der Waals surface area contributed by atoms with Crippen LogP contribution in [0.1, 0.15) is 55.4 Å². The van der Waals surface area contributed by atoms with Crippen LogP contribution in [0.4, 0.5) is 4.79 Å². The van der Waals surface area contributed by atoms with Crippen molar-refractivity contribution in [2.75, 3.05) is 6.61 Å². The molecule has 136 valence electrons. The Kier molecular flexibility index (Phi) is 7.86. The minimum absolute atomic E-state index is 0.112. The molecular formula is C17H33IO4Si. The van der Waals surface area contributed by atoms with Crippen LogP contribution in [-0.2, 0) is 13.9 Å². The number of halogens is 1. The predicted molar refractivity (Wildman–Crippen MR) is 105 cm³/mol. The zero-order chi connectivity index (χ0) is 17.9. The van der Waals surface area contributed by atoms with Crippen LogP contribution in [0.25, 0.3) is 0 Å². The summed E-state index contributed by atoms with van der Waals surface area (Å²) in [5.41, 5.74) is 1.56. The highest BCUT2D eigenvalue weighted by Crippen LogP contribution is 2.42. The third kappa shape index (κ3) is 4.63. The number of ether oxygens (including phenoxy) is 2. The van der Waals surface area contributed by atoms with Gasteiger partial charge in [-0.3, -0.25) is 0 Å². The summed E-state index contributed by atoms with van der Waals surface area (Å²) < 4.78 is 17.7. The van der Waals surface area contributed by atoms with Crippen LogP contribution in [0.2, 0.25) is 16.6 Å². The average molecular weight is 456 g/mol. The molecular weight excluding hydrogens is 423 g/mol. The molecule has 1 fully saturated rings. The van der Waals surface area contributed by atoms with Crippen molar-refractivity contribution in [3.8, 4) is 0 Å². The number of cyclic esters (lactones) is 2. The van der Waals surface area contributed by atoms with Gasteiger partial charge in [-0.25, -0.2) is 4.79 Å². The first-order valence-corrected chi connectivity index (χ1v) is 12.1. The Labute approximate surface area is 156 Å². The predicted octanol–water partition coefficient (Wildman–Crippen LogP) is 5.54. The Balaban J connectivity index is 2.90. The first kappa shape index (κ1) is 21.2. The van der Waals surface area contributed by atoms with Crippen molar-refractivity contribution in [1.29, 1.82) is 0 Å². The standard InChI is InChI=1S/C17H33IO4Si/c1-10(2)23(11(3)4,12(5)6)20-9-15-13(7)16(14(8)18)22-17(19)21-15/h10-16H,9H2,1-8H3/t13-,14-,15+,16+/m1/s1. The molecule has 0 spiro atoms. The average Bonchev–Trinajstić information content (AvgIpc) is 2.41. The summed E-state index contributed by atoms with van der Waals surface area (Å²) in [7, 11) is -1.95. The topological polar surface area (TPSA) is 44.8 Å². The Morgan fingerprint density at radius 3 is 1.91 bits per heavy atom. The fourth-order valence-corrected chi connectivity index (χ4v) is 10.4. The van der Waals surface area contributed by atoms with E-state index in [9.17, 15) is 4.79 Å². The van der Waals surface area contributed by atoms with E-state index in [0.29, 0.717) is 23.2 Å². The van der Waals surface area contributed by atoms with Gasteiger partial charge in [-0.2, -0.15) is 0 Å². The molecule has 1 rings (SSSR count). The van der Waals surface area contributed by atoms with Gasteiger partial charge in [0.15, 0.2) is 0 Å². The normalized spacial score (nSPS) is 27.3. The minimum Gasteiger partial charge on any atom is -0.429 e. The van der Waals surface area contributed by atoms with Gasteiger partial charge < -0.3 is 13.9 Å². The number of rotatable bonds is 7. The first-order valence-electron chi connectivity index (χ1n) is 8.69. The molecule has 4 nitrogen and oxygen atoms in total. The third-order valence-corrected chi connectivity index (χ3v) is 12.0. The lowest BCUT2D eigenvalue weighted by molar-refractivity contribution is -0.104. The summed E-state index contributed by atoms with van der Waals surface area (Å²) in [4.78, 5) is 11.8. The number of hydrogen-bond donors (Lipinski definition) is 0. The molecule has 0 N–H and O–H groups in total. The second-order valence-corrected chi connectivity index (χ2v) is 15.1. The van der Waals surface area contributed by atoms with Crippen LogP contribution in [0.5, 0.6) is 0 Å². The van der Waals surface area contributed by atoms with Crippen LogP contribution >= 0.6 is 22.6 Å². The summed E-state index contributed by atoms with van der Waals surface area (Å²) in [6, 6.07) is 0. The summed E-state index contributed by atoms with van der Waals surface area (Å²) in [5, 5.41) is 0. The fraction of sp³-hybridized carbons (Fsp3) is 0.941. The molecule has 0 aromatic heterocycles. The molecule has 6 heteroatoms. The van der Waals surface area contributed by atoms with Gasteiger partial charge in [0.2, 0.25) is 8.32 Å². The number of carbonyl (C=O) groups is 1. The zero-order valence-corrected chi connectivity index (χ0v) is 18.9. The van der Waals surface area contributed by atoms with E-state index >= 15 is 0 Å². The van der Waals surface area contributed by atoms with Crippen molar-refractivity contribution in [2.24, 2.45) is 5.92 Å². The molecule has 1 aliphatic heterocycles. The van der Waals surface area contributed by atoms with Crippen LogP contribution in [-0.4, -0.2) is 37.2 Å². The molecule has 1 aliphatic rings. The van der Waals surface area contributed by atoms with E-state index in [4.69, 9.17) is 13.9 Å². The molecule has 0 saturated carbocycles. The Morgan fingerprint density at radius 2 is 1.52 bits per heavy atom. The van der Waals surface area contributed by atoms with E-state index in [-0.39, 0.29) is 22.1 Å². The lowest BCUT2D eigenvalue weighted by Crippen LogP contribution is -2.53. The van der Waals surface area contributed by atoms with E-state index < -0.39 is 14.5 Å². The summed E-state index contributed by atoms with van der Waals surface area (Å²) in [6.45, 7) is 18.2. The lowest BCUT2D eigenvalue weighted by Gasteiger charge is -2.44. The largest absolute Gasteiger partial charge is 0.508 e. The number of hydrogen-bond acceptors (Lipinski definition) is 4. The molecule has 0 aliphatic carbocycles. The van der Waals surface area contributed by atoms with Gasteiger partial charge in [-0.15, -0.1) is 0 Å². The smallest absolute Gasteiger partial charge is 0.429 e. The van der Waals surface area contributed by atoms with Crippen molar-refractivity contribution in [3.05, 3.63) is 0 Å². The van der Waals surface area contributed by atoms with Crippen LogP contribution < -0.4 is 0 Å². The number of alkyl halides is 1. The van der Waals surface area contributed by atoms with E-state index in [0.717, 1.165) is 0 Å². The van der Waals surface area contributed by atoms with Gasteiger partial charge >= 0.3 is 6.16 Å². The van der Waals surface area contributed by atoms with Crippen molar-refractivity contribution in [2.45, 2.75) is 88.1 Å². The molecule has 4 atom stereocenters. The molecule has 0 bridgehead atoms. The maximum atomic E-state index is 11.8. The molecule has 0 amide bonds. The lowest BCUT2D eigenvalue weighted by atomic mass is 9.95. The SMILES string of the molecule is CC(C)[Si](OC[C@@H]1OC(=O)O[C@H]([C@@H](C)I)[C@@H]1C)(C(C)C)C(C)C. The van der Waals surface area contributed by atoms with Gasteiger partial charge in [-0.05, 0) is 23.5 Å². The zero-order valence-electron chi connectivity index (χ0n) is 15.8. The molecule has 0 unspecified atom stereocenters. The quantitative estimate of drug-likeness (QED) is 0.218. The van der Waals surface area contributed by atoms with Crippen LogP contribution in [0.3, 0.4) is 0 Å². The van der Waals surface area contributed by atoms with E-state index in [1.807, 2.05) is 0 Å². The minimum atomic E-state index is -1.95.